The van der Waals surface area contributed by atoms with Crippen LogP contribution in [0.2, 0.25) is 0 Å². The number of carbonyl (C=O) groups is 1. The van der Waals surface area contributed by atoms with Gasteiger partial charge in [-0.1, -0.05) is 13.8 Å². The second-order valence-electron chi connectivity index (χ2n) is 5.05. The Morgan fingerprint density at radius 1 is 1.16 bits per heavy atom. The summed E-state index contributed by atoms with van der Waals surface area (Å²) in [6.07, 6.45) is 1.99. The molecule has 2 aromatic rings. The minimum absolute atomic E-state index is 0.143. The Hall–Kier alpha value is -1.77. The van der Waals surface area contributed by atoms with E-state index in [1.807, 2.05) is 30.0 Å². The molecule has 3 nitrogen and oxygen atoms in total. The van der Waals surface area contributed by atoms with Gasteiger partial charge < -0.3 is 9.88 Å². The van der Waals surface area contributed by atoms with Gasteiger partial charge in [-0.05, 0) is 44.0 Å². The predicted octanol–water partition coefficient (Wildman–Crippen LogP) is 3.74. The molecule has 1 amide bonds. The van der Waals surface area contributed by atoms with E-state index >= 15 is 0 Å². The number of aryl methyl sites for hydroxylation is 1. The third-order valence-corrected chi connectivity index (χ3v) is 3.28. The number of fused-ring (bicyclic) bond motifs is 1. The maximum Gasteiger partial charge on any atom is 0.253 e. The molecule has 0 spiro atoms. The zero-order valence-corrected chi connectivity index (χ0v) is 12.0. The molecule has 0 fully saturated rings. The molecule has 3 heteroatoms. The van der Waals surface area contributed by atoms with Gasteiger partial charge in [0.05, 0.1) is 0 Å². The molecule has 1 aromatic carbocycles. The molecule has 102 valence electrons. The fourth-order valence-electron chi connectivity index (χ4n) is 2.45. The summed E-state index contributed by atoms with van der Waals surface area (Å²) in [6, 6.07) is 7.97. The van der Waals surface area contributed by atoms with E-state index in [-0.39, 0.29) is 5.91 Å². The van der Waals surface area contributed by atoms with Crippen LogP contribution in [0.4, 0.5) is 0 Å². The van der Waals surface area contributed by atoms with Crippen LogP contribution in [0, 0.1) is 6.92 Å². The lowest BCUT2D eigenvalue weighted by molar-refractivity contribution is 0.0756. The van der Waals surface area contributed by atoms with Crippen LogP contribution in [0.15, 0.2) is 24.3 Å². The maximum atomic E-state index is 12.5. The van der Waals surface area contributed by atoms with E-state index in [0.717, 1.165) is 48.1 Å². The van der Waals surface area contributed by atoms with Crippen LogP contribution in [0.1, 0.15) is 42.7 Å². The van der Waals surface area contributed by atoms with Gasteiger partial charge in [0.15, 0.2) is 0 Å². The summed E-state index contributed by atoms with van der Waals surface area (Å²) in [6.45, 7) is 7.90. The number of aromatic nitrogens is 1. The quantitative estimate of drug-likeness (QED) is 0.871. The molecule has 0 aliphatic carbocycles. The standard InChI is InChI=1S/C16H22N2O/c1-4-8-18(9-5-2)16(19)13-6-7-15-14(11-13)10-12(3)17-15/h6-7,10-11,17H,4-5,8-9H2,1-3H3. The van der Waals surface area contributed by atoms with E-state index < -0.39 is 0 Å². The topological polar surface area (TPSA) is 36.1 Å². The summed E-state index contributed by atoms with van der Waals surface area (Å²) in [4.78, 5) is 17.7. The third-order valence-electron chi connectivity index (χ3n) is 3.28. The first kappa shape index (κ1) is 13.7. The van der Waals surface area contributed by atoms with Crippen LogP contribution in [0.5, 0.6) is 0 Å². The normalized spacial score (nSPS) is 10.9. The molecule has 0 atom stereocenters. The highest BCUT2D eigenvalue weighted by Gasteiger charge is 2.14. The highest BCUT2D eigenvalue weighted by molar-refractivity contribution is 5.98. The minimum atomic E-state index is 0.143. The number of nitrogens with one attached hydrogen (secondary N) is 1. The number of aromatic amines is 1. The lowest BCUT2D eigenvalue weighted by Gasteiger charge is -2.21. The molecule has 0 radical (unpaired) electrons. The van der Waals surface area contributed by atoms with Gasteiger partial charge in [0.2, 0.25) is 0 Å². The van der Waals surface area contributed by atoms with Crippen molar-refractivity contribution >= 4 is 16.8 Å². The van der Waals surface area contributed by atoms with Crippen molar-refractivity contribution in [3.63, 3.8) is 0 Å². The molecule has 2 rings (SSSR count). The maximum absolute atomic E-state index is 12.5. The van der Waals surface area contributed by atoms with Gasteiger partial charge >= 0.3 is 0 Å². The number of hydrogen-bond donors (Lipinski definition) is 1. The van der Waals surface area contributed by atoms with Crippen molar-refractivity contribution in [1.82, 2.24) is 9.88 Å². The zero-order chi connectivity index (χ0) is 13.8. The third kappa shape index (κ3) is 2.98. The molecule has 1 heterocycles. The lowest BCUT2D eigenvalue weighted by atomic mass is 10.1. The molecule has 1 N–H and O–H groups in total. The van der Waals surface area contributed by atoms with Crippen LogP contribution >= 0.6 is 0 Å². The number of rotatable bonds is 5. The van der Waals surface area contributed by atoms with Gasteiger partial charge in [-0.25, -0.2) is 0 Å². The zero-order valence-electron chi connectivity index (χ0n) is 12.0. The van der Waals surface area contributed by atoms with E-state index in [9.17, 15) is 4.79 Å². The average Bonchev–Trinajstić information content (AvgIpc) is 2.76. The van der Waals surface area contributed by atoms with Gasteiger partial charge in [0.1, 0.15) is 0 Å². The summed E-state index contributed by atoms with van der Waals surface area (Å²) < 4.78 is 0. The van der Waals surface area contributed by atoms with Crippen molar-refractivity contribution < 1.29 is 4.79 Å². The van der Waals surface area contributed by atoms with Crippen LogP contribution in [0.3, 0.4) is 0 Å². The molecule has 0 aliphatic heterocycles. The fourth-order valence-corrected chi connectivity index (χ4v) is 2.45. The summed E-state index contributed by atoms with van der Waals surface area (Å²) in [7, 11) is 0. The first-order valence-corrected chi connectivity index (χ1v) is 7.04. The van der Waals surface area contributed by atoms with E-state index in [1.165, 1.54) is 0 Å². The first-order valence-electron chi connectivity index (χ1n) is 7.04. The predicted molar refractivity (Wildman–Crippen MR) is 79.5 cm³/mol. The Bertz CT molecular complexity index is 565. The van der Waals surface area contributed by atoms with Crippen molar-refractivity contribution in [1.29, 1.82) is 0 Å². The second kappa shape index (κ2) is 5.91. The van der Waals surface area contributed by atoms with E-state index in [4.69, 9.17) is 0 Å². The van der Waals surface area contributed by atoms with E-state index in [2.05, 4.69) is 24.9 Å². The molecule has 0 bridgehead atoms. The number of benzene rings is 1. The van der Waals surface area contributed by atoms with Crippen molar-refractivity contribution in [3.8, 4) is 0 Å². The van der Waals surface area contributed by atoms with Crippen molar-refractivity contribution in [2.75, 3.05) is 13.1 Å². The summed E-state index contributed by atoms with van der Waals surface area (Å²) in [5.41, 5.74) is 3.00. The van der Waals surface area contributed by atoms with Gasteiger partial charge in [0.25, 0.3) is 5.91 Å². The smallest absolute Gasteiger partial charge is 0.253 e. The largest absolute Gasteiger partial charge is 0.359 e. The number of carbonyl (C=O) groups excluding carboxylic acids is 1. The van der Waals surface area contributed by atoms with Crippen molar-refractivity contribution in [2.24, 2.45) is 0 Å². The van der Waals surface area contributed by atoms with E-state index in [0.29, 0.717) is 0 Å². The van der Waals surface area contributed by atoms with Gasteiger partial charge in [-0.3, -0.25) is 4.79 Å². The SMILES string of the molecule is CCCN(CCC)C(=O)c1ccc2[nH]c(C)cc2c1. The molecule has 0 unspecified atom stereocenters. The van der Waals surface area contributed by atoms with Crippen LogP contribution in [-0.4, -0.2) is 28.9 Å². The molecule has 19 heavy (non-hydrogen) atoms. The monoisotopic (exact) mass is 258 g/mol. The van der Waals surface area contributed by atoms with Crippen molar-refractivity contribution in [2.45, 2.75) is 33.6 Å². The summed E-state index contributed by atoms with van der Waals surface area (Å²) in [5, 5.41) is 1.11. The Morgan fingerprint density at radius 3 is 2.47 bits per heavy atom. The van der Waals surface area contributed by atoms with Crippen LogP contribution in [0.25, 0.3) is 10.9 Å². The van der Waals surface area contributed by atoms with E-state index in [1.54, 1.807) is 0 Å². The first-order chi connectivity index (χ1) is 9.15. The van der Waals surface area contributed by atoms with Gasteiger partial charge in [0, 0.05) is 35.2 Å². The van der Waals surface area contributed by atoms with Crippen molar-refractivity contribution in [3.05, 3.63) is 35.5 Å². The Morgan fingerprint density at radius 2 is 1.84 bits per heavy atom. The van der Waals surface area contributed by atoms with Crippen LogP contribution in [-0.2, 0) is 0 Å². The molecule has 1 aromatic heterocycles. The molecular formula is C16H22N2O. The number of nitrogens with zero attached hydrogens (tertiary/aromatic N) is 1. The molecular weight excluding hydrogens is 236 g/mol. The highest BCUT2D eigenvalue weighted by atomic mass is 16.2. The number of amides is 1. The molecule has 0 saturated carbocycles. The second-order valence-corrected chi connectivity index (χ2v) is 5.05. The Kier molecular flexibility index (Phi) is 4.25. The molecule has 0 saturated heterocycles. The Balaban J connectivity index is 2.28. The number of H-pyrrole nitrogens is 1. The average molecular weight is 258 g/mol. The summed E-state index contributed by atoms with van der Waals surface area (Å²) >= 11 is 0. The minimum Gasteiger partial charge on any atom is -0.359 e. The van der Waals surface area contributed by atoms with Crippen LogP contribution < -0.4 is 0 Å². The Labute approximate surface area is 114 Å². The van der Waals surface area contributed by atoms with Gasteiger partial charge in [-0.15, -0.1) is 0 Å². The summed E-state index contributed by atoms with van der Waals surface area (Å²) in [5.74, 6) is 0.143. The fraction of sp³-hybridized carbons (Fsp3) is 0.438. The highest BCUT2D eigenvalue weighted by Crippen LogP contribution is 2.18. The molecule has 0 aliphatic rings. The lowest BCUT2D eigenvalue weighted by Crippen LogP contribution is -2.32. The van der Waals surface area contributed by atoms with Gasteiger partial charge in [-0.2, -0.15) is 0 Å². The number of hydrogen-bond acceptors (Lipinski definition) is 1.